The molecule has 172 valence electrons. The Hall–Kier alpha value is -3.70. The zero-order chi connectivity index (χ0) is 24.1. The van der Waals surface area contributed by atoms with Gasteiger partial charge in [0.15, 0.2) is 21.3 Å². The number of hydrogen-bond donors (Lipinski definition) is 0. The molecule has 1 aliphatic rings. The average Bonchev–Trinajstić information content (AvgIpc) is 2.73. The van der Waals surface area contributed by atoms with Crippen LogP contribution >= 0.6 is 0 Å². The molecule has 0 saturated heterocycles. The molecule has 0 fully saturated rings. The SMILES string of the molecule is CCOC(=O)C1=NC(S(C)(=O)=O)N(OC)C(Oc2cc(C#N)ccc2OCC)=C1[N+](=O)[O-]. The summed E-state index contributed by atoms with van der Waals surface area (Å²) in [5.74, 6) is -2.03. The van der Waals surface area contributed by atoms with Gasteiger partial charge in [0.05, 0.1) is 36.9 Å². The van der Waals surface area contributed by atoms with Gasteiger partial charge in [-0.2, -0.15) is 10.3 Å². The highest BCUT2D eigenvalue weighted by atomic mass is 32.2. The van der Waals surface area contributed by atoms with Gasteiger partial charge in [-0.25, -0.2) is 18.2 Å². The molecule has 1 heterocycles. The van der Waals surface area contributed by atoms with Gasteiger partial charge in [0.1, 0.15) is 0 Å². The molecule has 2 rings (SSSR count). The lowest BCUT2D eigenvalue weighted by Crippen LogP contribution is -2.47. The highest BCUT2D eigenvalue weighted by Gasteiger charge is 2.47. The van der Waals surface area contributed by atoms with Gasteiger partial charge in [0, 0.05) is 12.3 Å². The molecule has 0 bridgehead atoms. The summed E-state index contributed by atoms with van der Waals surface area (Å²) in [6, 6.07) is 5.95. The van der Waals surface area contributed by atoms with Crippen LogP contribution in [0.15, 0.2) is 34.8 Å². The summed E-state index contributed by atoms with van der Waals surface area (Å²) in [5.41, 5.74) is -3.62. The molecule has 32 heavy (non-hydrogen) atoms. The zero-order valence-electron chi connectivity index (χ0n) is 17.6. The highest BCUT2D eigenvalue weighted by Crippen LogP contribution is 2.34. The zero-order valence-corrected chi connectivity index (χ0v) is 18.4. The van der Waals surface area contributed by atoms with E-state index in [1.165, 1.54) is 25.1 Å². The molecule has 1 unspecified atom stereocenters. The van der Waals surface area contributed by atoms with Crippen LogP contribution in [-0.2, 0) is 24.2 Å². The Morgan fingerprint density at radius 3 is 2.50 bits per heavy atom. The molecule has 0 radical (unpaired) electrons. The van der Waals surface area contributed by atoms with E-state index in [9.17, 15) is 28.6 Å². The van der Waals surface area contributed by atoms with E-state index in [4.69, 9.17) is 19.0 Å². The number of nitro groups is 1. The number of esters is 1. The third-order valence-corrected chi connectivity index (χ3v) is 4.94. The first-order chi connectivity index (χ1) is 15.1. The molecule has 0 saturated carbocycles. The minimum absolute atomic E-state index is 0.105. The van der Waals surface area contributed by atoms with Crippen molar-refractivity contribution in [2.75, 3.05) is 26.6 Å². The van der Waals surface area contributed by atoms with Gasteiger partial charge in [0.25, 0.3) is 5.50 Å². The fraction of sp³-hybridized carbons (Fsp3) is 0.389. The summed E-state index contributed by atoms with van der Waals surface area (Å²) in [5, 5.41) is 21.6. The molecular weight excluding hydrogens is 448 g/mol. The van der Waals surface area contributed by atoms with E-state index in [0.29, 0.717) is 5.06 Å². The summed E-state index contributed by atoms with van der Waals surface area (Å²) in [6.07, 6.45) is 0.798. The third kappa shape index (κ3) is 5.13. The second-order valence-electron chi connectivity index (χ2n) is 6.08. The molecule has 1 aromatic carbocycles. The maximum atomic E-state index is 12.4. The Morgan fingerprint density at radius 2 is 2.00 bits per heavy atom. The first kappa shape index (κ1) is 24.6. The summed E-state index contributed by atoms with van der Waals surface area (Å²) < 4.78 is 40.5. The van der Waals surface area contributed by atoms with E-state index in [2.05, 4.69) is 4.99 Å². The van der Waals surface area contributed by atoms with Crippen molar-refractivity contribution in [1.29, 1.82) is 5.26 Å². The molecule has 0 N–H and O–H groups in total. The van der Waals surface area contributed by atoms with Crippen molar-refractivity contribution in [3.63, 3.8) is 0 Å². The molecule has 0 aromatic heterocycles. The van der Waals surface area contributed by atoms with E-state index >= 15 is 0 Å². The second-order valence-corrected chi connectivity index (χ2v) is 8.16. The molecule has 0 amide bonds. The monoisotopic (exact) mass is 468 g/mol. The highest BCUT2D eigenvalue weighted by molar-refractivity contribution is 7.91. The van der Waals surface area contributed by atoms with Crippen LogP contribution in [0.25, 0.3) is 0 Å². The number of hydrogen-bond acceptors (Lipinski definition) is 12. The number of rotatable bonds is 9. The predicted molar refractivity (Wildman–Crippen MR) is 109 cm³/mol. The number of nitrogens with zero attached hydrogens (tertiary/aromatic N) is 4. The van der Waals surface area contributed by atoms with Crippen LogP contribution in [0.3, 0.4) is 0 Å². The van der Waals surface area contributed by atoms with Crippen molar-refractivity contribution in [1.82, 2.24) is 5.06 Å². The van der Waals surface area contributed by atoms with Crippen molar-refractivity contribution < 1.29 is 37.2 Å². The number of carbonyl (C=O) groups excluding carboxylic acids is 1. The minimum Gasteiger partial charge on any atom is -0.490 e. The number of carbonyl (C=O) groups is 1. The van der Waals surface area contributed by atoms with Crippen molar-refractivity contribution in [2.45, 2.75) is 19.3 Å². The van der Waals surface area contributed by atoms with Gasteiger partial charge < -0.3 is 14.2 Å². The van der Waals surface area contributed by atoms with Crippen molar-refractivity contribution in [3.05, 3.63) is 45.5 Å². The number of ether oxygens (including phenoxy) is 3. The van der Waals surface area contributed by atoms with Crippen LogP contribution < -0.4 is 9.47 Å². The maximum absolute atomic E-state index is 12.4. The molecule has 14 heteroatoms. The van der Waals surface area contributed by atoms with Crippen molar-refractivity contribution >= 4 is 21.5 Å². The molecular formula is C18H20N4O9S. The van der Waals surface area contributed by atoms with Crippen LogP contribution in [0.4, 0.5) is 0 Å². The lowest BCUT2D eigenvalue weighted by atomic mass is 10.2. The number of hydroxylamine groups is 2. The van der Waals surface area contributed by atoms with Crippen molar-refractivity contribution in [2.24, 2.45) is 4.99 Å². The smallest absolute Gasteiger partial charge is 0.364 e. The second kappa shape index (κ2) is 10.1. The van der Waals surface area contributed by atoms with Crippen LogP contribution in [0.5, 0.6) is 11.5 Å². The van der Waals surface area contributed by atoms with Gasteiger partial charge >= 0.3 is 17.5 Å². The normalized spacial score (nSPS) is 16.2. The largest absolute Gasteiger partial charge is 0.490 e. The van der Waals surface area contributed by atoms with Gasteiger partial charge in [-0.3, -0.25) is 15.0 Å². The van der Waals surface area contributed by atoms with Crippen LogP contribution in [0.1, 0.15) is 19.4 Å². The Balaban J connectivity index is 2.80. The molecule has 1 atom stereocenters. The first-order valence-electron chi connectivity index (χ1n) is 9.09. The summed E-state index contributed by atoms with van der Waals surface area (Å²) in [7, 11) is -3.05. The maximum Gasteiger partial charge on any atom is 0.364 e. The summed E-state index contributed by atoms with van der Waals surface area (Å²) >= 11 is 0. The molecule has 0 spiro atoms. The van der Waals surface area contributed by atoms with E-state index in [1.54, 1.807) is 6.92 Å². The van der Waals surface area contributed by atoms with E-state index < -0.39 is 43.5 Å². The van der Waals surface area contributed by atoms with E-state index in [1.807, 2.05) is 6.07 Å². The van der Waals surface area contributed by atoms with E-state index in [0.717, 1.165) is 13.4 Å². The number of aliphatic imine (C=N–C) groups is 1. The number of sulfone groups is 1. The van der Waals surface area contributed by atoms with Gasteiger partial charge in [-0.1, -0.05) is 0 Å². The quantitative estimate of drug-likeness (QED) is 0.287. The predicted octanol–water partition coefficient (Wildman–Crippen LogP) is 0.991. The molecule has 1 aromatic rings. The van der Waals surface area contributed by atoms with Gasteiger partial charge in [-0.05, 0) is 26.0 Å². The van der Waals surface area contributed by atoms with Crippen LogP contribution in [0, 0.1) is 21.4 Å². The Kier molecular flexibility index (Phi) is 7.73. The van der Waals surface area contributed by atoms with Gasteiger partial charge in [-0.15, -0.1) is 0 Å². The van der Waals surface area contributed by atoms with Gasteiger partial charge in [0.2, 0.25) is 5.71 Å². The third-order valence-electron chi connectivity index (χ3n) is 3.88. The molecule has 0 aliphatic carbocycles. The van der Waals surface area contributed by atoms with Crippen LogP contribution in [-0.4, -0.2) is 62.2 Å². The Labute approximate surface area is 183 Å². The minimum atomic E-state index is -4.09. The topological polar surface area (TPSA) is 171 Å². The Morgan fingerprint density at radius 1 is 1.31 bits per heavy atom. The standard InChI is InChI=1S/C18H20N4O9S/c1-5-29-12-8-7-11(10-19)9-13(12)31-16-15(22(24)25)14(17(23)30-6-2)20-18(21(16)28-3)32(4,26)27/h7-9,18H,5-6H2,1-4H3. The first-order valence-corrected chi connectivity index (χ1v) is 11.0. The fourth-order valence-electron chi connectivity index (χ4n) is 2.62. The summed E-state index contributed by atoms with van der Waals surface area (Å²) in [4.78, 5) is 32.0. The summed E-state index contributed by atoms with van der Waals surface area (Å²) in [6.45, 7) is 3.19. The van der Waals surface area contributed by atoms with Crippen molar-refractivity contribution in [3.8, 4) is 17.6 Å². The Bertz CT molecular complexity index is 1120. The number of benzene rings is 1. The van der Waals surface area contributed by atoms with Crippen LogP contribution in [0.2, 0.25) is 0 Å². The lowest BCUT2D eigenvalue weighted by Gasteiger charge is -2.31. The average molecular weight is 468 g/mol. The fourth-order valence-corrected chi connectivity index (χ4v) is 3.44. The van der Waals surface area contributed by atoms with E-state index in [-0.39, 0.29) is 30.3 Å². The molecule has 13 nitrogen and oxygen atoms in total. The number of nitriles is 1. The molecule has 1 aliphatic heterocycles. The lowest BCUT2D eigenvalue weighted by molar-refractivity contribution is -0.421.